The fourth-order valence-corrected chi connectivity index (χ4v) is 2.47. The van der Waals surface area contributed by atoms with E-state index >= 15 is 0 Å². The van der Waals surface area contributed by atoms with Crippen molar-refractivity contribution in [2.75, 3.05) is 5.75 Å². The number of carboxylic acid groups (broad SMARTS) is 1. The molecule has 13 heavy (non-hydrogen) atoms. The monoisotopic (exact) mass is 198 g/mol. The van der Waals surface area contributed by atoms with Crippen LogP contribution in [0, 0.1) is 0 Å². The predicted octanol–water partition coefficient (Wildman–Crippen LogP) is 2.82. The fraction of sp³-hybridized carbons (Fsp3) is 0.500. The van der Waals surface area contributed by atoms with Crippen LogP contribution >= 0.6 is 11.8 Å². The maximum absolute atomic E-state index is 10.3. The summed E-state index contributed by atoms with van der Waals surface area (Å²) in [6, 6.07) is 0. The third-order valence-corrected chi connectivity index (χ3v) is 3.41. The summed E-state index contributed by atoms with van der Waals surface area (Å²) in [6.07, 6.45) is 2.37. The van der Waals surface area contributed by atoms with Gasteiger partial charge in [-0.1, -0.05) is 12.2 Å². The largest absolute Gasteiger partial charge is 0.481 e. The van der Waals surface area contributed by atoms with Crippen LogP contribution in [0.3, 0.4) is 0 Å². The van der Waals surface area contributed by atoms with E-state index in [0.29, 0.717) is 5.75 Å². The van der Waals surface area contributed by atoms with Gasteiger partial charge in [0.15, 0.2) is 0 Å². The number of rotatable bonds is 4. The summed E-state index contributed by atoms with van der Waals surface area (Å²) in [7, 11) is 0. The molecule has 1 rings (SSSR count). The molecule has 0 bridgehead atoms. The molecule has 2 nitrogen and oxygen atoms in total. The van der Waals surface area contributed by atoms with E-state index in [4.69, 9.17) is 5.11 Å². The van der Waals surface area contributed by atoms with Gasteiger partial charge in [0.05, 0.1) is 6.42 Å². The van der Waals surface area contributed by atoms with Crippen molar-refractivity contribution in [3.05, 3.63) is 22.6 Å². The Morgan fingerprint density at radius 1 is 1.62 bits per heavy atom. The van der Waals surface area contributed by atoms with Crippen LogP contribution in [0.4, 0.5) is 0 Å². The smallest absolute Gasteiger partial charge is 0.304 e. The lowest BCUT2D eigenvalue weighted by Gasteiger charge is -2.03. The number of carbonyl (C=O) groups is 1. The van der Waals surface area contributed by atoms with Gasteiger partial charge in [-0.05, 0) is 25.3 Å². The molecule has 0 saturated heterocycles. The number of carboxylic acids is 1. The van der Waals surface area contributed by atoms with E-state index in [-0.39, 0.29) is 6.42 Å². The number of thioether (sulfide) groups is 1. The molecule has 0 radical (unpaired) electrons. The number of hydrogen-bond acceptors (Lipinski definition) is 2. The van der Waals surface area contributed by atoms with Crippen molar-refractivity contribution >= 4 is 17.7 Å². The van der Waals surface area contributed by atoms with Gasteiger partial charge in [-0.2, -0.15) is 0 Å². The normalized spacial score (nSPS) is 16.8. The molecule has 0 aromatic heterocycles. The molecule has 72 valence electrons. The van der Waals surface area contributed by atoms with Crippen molar-refractivity contribution in [1.82, 2.24) is 0 Å². The summed E-state index contributed by atoms with van der Waals surface area (Å²) in [6.45, 7) is 6.06. The van der Waals surface area contributed by atoms with Gasteiger partial charge in [-0.3, -0.25) is 4.79 Å². The van der Waals surface area contributed by atoms with Crippen molar-refractivity contribution in [1.29, 1.82) is 0 Å². The summed E-state index contributed by atoms with van der Waals surface area (Å²) in [5.41, 5.74) is 2.54. The highest BCUT2D eigenvalue weighted by molar-refractivity contribution is 8.03. The summed E-state index contributed by atoms with van der Waals surface area (Å²) in [5, 5.41) is 8.47. The van der Waals surface area contributed by atoms with Crippen molar-refractivity contribution in [2.24, 2.45) is 0 Å². The predicted molar refractivity (Wildman–Crippen MR) is 55.8 cm³/mol. The number of hydrogen-bond donors (Lipinski definition) is 1. The highest BCUT2D eigenvalue weighted by atomic mass is 32.2. The summed E-state index contributed by atoms with van der Waals surface area (Å²) in [4.78, 5) is 11.5. The van der Waals surface area contributed by atoms with Crippen molar-refractivity contribution in [3.8, 4) is 0 Å². The second-order valence-corrected chi connectivity index (χ2v) is 4.31. The number of aliphatic carboxylic acids is 1. The highest BCUT2D eigenvalue weighted by Gasteiger charge is 2.15. The third-order valence-electron chi connectivity index (χ3n) is 2.07. The van der Waals surface area contributed by atoms with Crippen LogP contribution in [0.25, 0.3) is 0 Å². The first-order chi connectivity index (χ1) is 6.11. The van der Waals surface area contributed by atoms with E-state index in [1.807, 2.05) is 0 Å². The highest BCUT2D eigenvalue weighted by Crippen LogP contribution is 2.37. The van der Waals surface area contributed by atoms with Gasteiger partial charge >= 0.3 is 5.97 Å². The summed E-state index contributed by atoms with van der Waals surface area (Å²) < 4.78 is 0. The minimum absolute atomic E-state index is 0.231. The maximum atomic E-state index is 10.3. The molecule has 0 aromatic carbocycles. The fourth-order valence-electron chi connectivity index (χ4n) is 1.33. The SMILES string of the molecule is C=C1CCC(C)=C1SCCC(=O)O. The van der Waals surface area contributed by atoms with E-state index in [1.165, 1.54) is 16.1 Å². The van der Waals surface area contributed by atoms with Gasteiger partial charge in [0.1, 0.15) is 0 Å². The molecule has 0 amide bonds. The van der Waals surface area contributed by atoms with Gasteiger partial charge in [0.2, 0.25) is 0 Å². The Morgan fingerprint density at radius 3 is 2.77 bits per heavy atom. The Bertz CT molecular complexity index is 266. The Labute approximate surface area is 82.7 Å². The molecule has 1 aliphatic carbocycles. The standard InChI is InChI=1S/C10H14O2S/c1-7-3-4-8(2)10(7)13-6-5-9(11)12/h1,3-6H2,2H3,(H,11,12). The molecule has 3 heteroatoms. The molecular formula is C10H14O2S. The van der Waals surface area contributed by atoms with Gasteiger partial charge < -0.3 is 5.11 Å². The van der Waals surface area contributed by atoms with E-state index < -0.39 is 5.97 Å². The second-order valence-electron chi connectivity index (χ2n) is 3.21. The van der Waals surface area contributed by atoms with Crippen LogP contribution in [-0.2, 0) is 4.79 Å². The lowest BCUT2D eigenvalue weighted by atomic mass is 10.2. The maximum Gasteiger partial charge on any atom is 0.304 e. The Hall–Kier alpha value is -0.700. The van der Waals surface area contributed by atoms with E-state index in [9.17, 15) is 4.79 Å². The topological polar surface area (TPSA) is 37.3 Å². The molecule has 0 fully saturated rings. The summed E-state index contributed by atoms with van der Waals surface area (Å²) in [5.74, 6) is -0.0736. The first-order valence-corrected chi connectivity index (χ1v) is 5.32. The Balaban J connectivity index is 2.40. The van der Waals surface area contributed by atoms with Crippen molar-refractivity contribution in [3.63, 3.8) is 0 Å². The molecule has 0 aliphatic heterocycles. The van der Waals surface area contributed by atoms with Crippen molar-refractivity contribution in [2.45, 2.75) is 26.2 Å². The molecule has 1 aliphatic rings. The lowest BCUT2D eigenvalue weighted by Crippen LogP contribution is -1.96. The molecule has 0 atom stereocenters. The lowest BCUT2D eigenvalue weighted by molar-refractivity contribution is -0.136. The molecule has 0 heterocycles. The van der Waals surface area contributed by atoms with Gasteiger partial charge in [0, 0.05) is 10.7 Å². The van der Waals surface area contributed by atoms with Gasteiger partial charge in [-0.25, -0.2) is 0 Å². The molecule has 0 saturated carbocycles. The first kappa shape index (κ1) is 10.4. The molecule has 0 aromatic rings. The van der Waals surface area contributed by atoms with Crippen LogP contribution in [-0.4, -0.2) is 16.8 Å². The molecule has 0 spiro atoms. The zero-order chi connectivity index (χ0) is 9.84. The second kappa shape index (κ2) is 4.51. The minimum Gasteiger partial charge on any atom is -0.481 e. The first-order valence-electron chi connectivity index (χ1n) is 4.33. The van der Waals surface area contributed by atoms with E-state index in [1.54, 1.807) is 11.8 Å². The average molecular weight is 198 g/mol. The third kappa shape index (κ3) is 2.92. The summed E-state index contributed by atoms with van der Waals surface area (Å²) >= 11 is 1.63. The van der Waals surface area contributed by atoms with Crippen LogP contribution in [0.2, 0.25) is 0 Å². The van der Waals surface area contributed by atoms with Crippen LogP contribution in [0.15, 0.2) is 22.6 Å². The molecule has 0 unspecified atom stereocenters. The Kier molecular flexibility index (Phi) is 3.60. The van der Waals surface area contributed by atoms with Crippen LogP contribution in [0.5, 0.6) is 0 Å². The van der Waals surface area contributed by atoms with Crippen molar-refractivity contribution < 1.29 is 9.90 Å². The van der Waals surface area contributed by atoms with Crippen LogP contribution < -0.4 is 0 Å². The quantitative estimate of drug-likeness (QED) is 0.754. The minimum atomic E-state index is -0.727. The van der Waals surface area contributed by atoms with Gasteiger partial charge in [0.25, 0.3) is 0 Å². The molecule has 1 N–H and O–H groups in total. The Morgan fingerprint density at radius 2 is 2.31 bits per heavy atom. The van der Waals surface area contributed by atoms with E-state index in [2.05, 4.69) is 13.5 Å². The average Bonchev–Trinajstić information content (AvgIpc) is 2.34. The van der Waals surface area contributed by atoms with Crippen LogP contribution in [0.1, 0.15) is 26.2 Å². The molecular weight excluding hydrogens is 184 g/mol. The van der Waals surface area contributed by atoms with Gasteiger partial charge in [-0.15, -0.1) is 11.8 Å². The zero-order valence-corrected chi connectivity index (χ0v) is 8.62. The zero-order valence-electron chi connectivity index (χ0n) is 7.80. The number of allylic oxidation sites excluding steroid dienone is 2. The van der Waals surface area contributed by atoms with E-state index in [0.717, 1.165) is 12.8 Å².